The molecule has 0 saturated carbocycles. The smallest absolute Gasteiger partial charge is 0.407 e. The molecule has 0 spiro atoms. The lowest BCUT2D eigenvalue weighted by atomic mass is 9.87. The Morgan fingerprint density at radius 2 is 1.92 bits per heavy atom. The fourth-order valence-electron chi connectivity index (χ4n) is 5.27. The monoisotopic (exact) mass is 535 g/mol. The van der Waals surface area contributed by atoms with E-state index in [4.69, 9.17) is 19.9 Å². The first-order chi connectivity index (χ1) is 18.6. The van der Waals surface area contributed by atoms with Gasteiger partial charge in [0.05, 0.1) is 6.61 Å². The molecule has 1 unspecified atom stereocenters. The van der Waals surface area contributed by atoms with Gasteiger partial charge in [0.25, 0.3) is 0 Å². The number of fused-ring (bicyclic) bond motifs is 1. The Hall–Kier alpha value is -3.52. The molecule has 2 amide bonds. The number of carbonyl (C=O) groups is 2. The Labute approximate surface area is 230 Å². The quantitative estimate of drug-likeness (QED) is 0.349. The molecule has 1 aromatic heterocycles. The highest BCUT2D eigenvalue weighted by Gasteiger charge is 2.23. The molecule has 210 valence electrons. The number of nitrogens with one attached hydrogen (secondary N) is 1. The second-order valence-corrected chi connectivity index (χ2v) is 11.4. The van der Waals surface area contributed by atoms with Crippen molar-refractivity contribution in [3.63, 3.8) is 0 Å². The summed E-state index contributed by atoms with van der Waals surface area (Å²) in [5.41, 5.74) is 10.3. The molecule has 4 rings (SSSR count). The Morgan fingerprint density at radius 3 is 2.62 bits per heavy atom. The summed E-state index contributed by atoms with van der Waals surface area (Å²) in [5, 5.41) is 4.00. The van der Waals surface area contributed by atoms with E-state index in [9.17, 15) is 9.59 Å². The average Bonchev–Trinajstić information content (AvgIpc) is 3.22. The molecule has 1 atom stereocenters. The Morgan fingerprint density at radius 1 is 1.15 bits per heavy atom. The number of nitrogens with two attached hydrogens (primary N) is 1. The van der Waals surface area contributed by atoms with Gasteiger partial charge in [-0.2, -0.15) is 0 Å². The standard InChI is InChI=1S/C31H41N3O5/c1-21-6-5-7-24(16-21)25(12-15-38-29(32)35)27-20-34(19-22-10-13-37-14-11-22)28-9-8-23(17-26(27)28)18-33-30(36)39-31(2,3)4/h5-9,16-17,20,22,25H,10-15,18-19H2,1-4H3,(H2,32,35)(H,33,36). The van der Waals surface area contributed by atoms with Crippen LogP contribution in [-0.2, 0) is 27.3 Å². The van der Waals surface area contributed by atoms with Gasteiger partial charge in [-0.1, -0.05) is 35.9 Å². The lowest BCUT2D eigenvalue weighted by Gasteiger charge is -2.23. The van der Waals surface area contributed by atoms with E-state index in [1.165, 1.54) is 5.56 Å². The van der Waals surface area contributed by atoms with E-state index in [1.807, 2.05) is 20.8 Å². The van der Waals surface area contributed by atoms with Gasteiger partial charge in [0.2, 0.25) is 0 Å². The van der Waals surface area contributed by atoms with Gasteiger partial charge in [-0.3, -0.25) is 0 Å². The van der Waals surface area contributed by atoms with Crippen molar-refractivity contribution in [3.8, 4) is 0 Å². The number of amides is 2. The number of rotatable bonds is 9. The van der Waals surface area contributed by atoms with Crippen LogP contribution in [0.15, 0.2) is 48.7 Å². The number of hydrogen-bond acceptors (Lipinski definition) is 5. The Balaban J connectivity index is 1.71. The zero-order valence-electron chi connectivity index (χ0n) is 23.5. The molecule has 1 aliphatic heterocycles. The van der Waals surface area contributed by atoms with E-state index in [-0.39, 0.29) is 12.5 Å². The maximum absolute atomic E-state index is 12.3. The third kappa shape index (κ3) is 7.99. The van der Waals surface area contributed by atoms with Crippen LogP contribution in [0.2, 0.25) is 0 Å². The molecule has 1 saturated heterocycles. The van der Waals surface area contributed by atoms with Gasteiger partial charge in [-0.15, -0.1) is 0 Å². The molecule has 2 heterocycles. The van der Waals surface area contributed by atoms with Crippen LogP contribution in [0.25, 0.3) is 10.9 Å². The van der Waals surface area contributed by atoms with Crippen LogP contribution in [0.5, 0.6) is 0 Å². The molecule has 1 aliphatic rings. The van der Waals surface area contributed by atoms with Crippen LogP contribution < -0.4 is 11.1 Å². The van der Waals surface area contributed by atoms with Crippen molar-refractivity contribution in [1.82, 2.24) is 9.88 Å². The van der Waals surface area contributed by atoms with Gasteiger partial charge in [0.15, 0.2) is 0 Å². The molecule has 2 aromatic carbocycles. The zero-order chi connectivity index (χ0) is 28.0. The van der Waals surface area contributed by atoms with Gasteiger partial charge in [-0.05, 0) is 81.7 Å². The summed E-state index contributed by atoms with van der Waals surface area (Å²) in [5.74, 6) is 0.545. The first-order valence-electron chi connectivity index (χ1n) is 13.7. The number of hydrogen-bond donors (Lipinski definition) is 2. The van der Waals surface area contributed by atoms with Crippen molar-refractivity contribution < 1.29 is 23.8 Å². The maximum atomic E-state index is 12.3. The maximum Gasteiger partial charge on any atom is 0.407 e. The molecule has 1 fully saturated rings. The minimum Gasteiger partial charge on any atom is -0.450 e. The highest BCUT2D eigenvalue weighted by Crippen LogP contribution is 2.36. The van der Waals surface area contributed by atoms with E-state index in [1.54, 1.807) is 0 Å². The molecule has 0 bridgehead atoms. The van der Waals surface area contributed by atoms with Crippen LogP contribution >= 0.6 is 0 Å². The lowest BCUT2D eigenvalue weighted by molar-refractivity contribution is 0.0523. The van der Waals surface area contributed by atoms with Crippen LogP contribution in [0.3, 0.4) is 0 Å². The highest BCUT2D eigenvalue weighted by molar-refractivity contribution is 5.86. The second kappa shape index (κ2) is 12.6. The molecule has 0 radical (unpaired) electrons. The van der Waals surface area contributed by atoms with Crippen LogP contribution in [0.1, 0.15) is 68.2 Å². The first-order valence-corrected chi connectivity index (χ1v) is 13.7. The number of alkyl carbamates (subject to hydrolysis) is 1. The normalized spacial score (nSPS) is 15.2. The summed E-state index contributed by atoms with van der Waals surface area (Å²) in [4.78, 5) is 23.6. The number of aromatic nitrogens is 1. The van der Waals surface area contributed by atoms with Crippen molar-refractivity contribution >= 4 is 23.1 Å². The van der Waals surface area contributed by atoms with Crippen molar-refractivity contribution in [1.29, 1.82) is 0 Å². The van der Waals surface area contributed by atoms with Crippen LogP contribution in [0, 0.1) is 12.8 Å². The molecule has 8 heteroatoms. The Kier molecular flexibility index (Phi) is 9.17. The van der Waals surface area contributed by atoms with E-state index < -0.39 is 17.8 Å². The minimum absolute atomic E-state index is 0.00301. The van der Waals surface area contributed by atoms with E-state index in [0.717, 1.165) is 60.2 Å². The molecule has 3 aromatic rings. The van der Waals surface area contributed by atoms with E-state index in [0.29, 0.717) is 18.9 Å². The minimum atomic E-state index is -0.768. The average molecular weight is 536 g/mol. The second-order valence-electron chi connectivity index (χ2n) is 11.4. The van der Waals surface area contributed by atoms with Gasteiger partial charge >= 0.3 is 12.2 Å². The summed E-state index contributed by atoms with van der Waals surface area (Å²) in [6.07, 6.45) is 3.73. The van der Waals surface area contributed by atoms with Gasteiger partial charge in [0, 0.05) is 49.3 Å². The predicted molar refractivity (Wildman–Crippen MR) is 152 cm³/mol. The summed E-state index contributed by atoms with van der Waals surface area (Å²) in [7, 11) is 0. The number of ether oxygens (including phenoxy) is 3. The third-order valence-corrected chi connectivity index (χ3v) is 7.08. The largest absolute Gasteiger partial charge is 0.450 e. The van der Waals surface area contributed by atoms with Crippen molar-refractivity contribution in [3.05, 3.63) is 70.9 Å². The number of carbonyl (C=O) groups excluding carboxylic acids is 2. The van der Waals surface area contributed by atoms with Crippen LogP contribution in [-0.4, -0.2) is 42.2 Å². The number of primary amides is 1. The molecular weight excluding hydrogens is 494 g/mol. The molecule has 8 nitrogen and oxygen atoms in total. The van der Waals surface area contributed by atoms with Gasteiger partial charge in [-0.25, -0.2) is 9.59 Å². The number of benzene rings is 2. The van der Waals surface area contributed by atoms with Gasteiger partial charge < -0.3 is 29.8 Å². The van der Waals surface area contributed by atoms with Gasteiger partial charge in [0.1, 0.15) is 5.60 Å². The van der Waals surface area contributed by atoms with E-state index in [2.05, 4.69) is 65.5 Å². The fraction of sp³-hybridized carbons (Fsp3) is 0.484. The number of aryl methyl sites for hydroxylation is 1. The molecule has 3 N–H and O–H groups in total. The lowest BCUT2D eigenvalue weighted by Crippen LogP contribution is -2.32. The summed E-state index contributed by atoms with van der Waals surface area (Å²) >= 11 is 0. The SMILES string of the molecule is Cc1cccc(C(CCOC(N)=O)c2cn(CC3CCOCC3)c3ccc(CNC(=O)OC(C)(C)C)cc23)c1. The fourth-order valence-corrected chi connectivity index (χ4v) is 5.27. The predicted octanol–water partition coefficient (Wildman–Crippen LogP) is 6.02. The summed E-state index contributed by atoms with van der Waals surface area (Å²) in [6, 6.07) is 14.8. The molecular formula is C31H41N3O5. The summed E-state index contributed by atoms with van der Waals surface area (Å²) in [6.45, 7) is 10.7. The summed E-state index contributed by atoms with van der Waals surface area (Å²) < 4.78 is 18.5. The number of nitrogens with zero attached hydrogens (tertiary/aromatic N) is 1. The molecule has 39 heavy (non-hydrogen) atoms. The highest BCUT2D eigenvalue weighted by atomic mass is 16.6. The first kappa shape index (κ1) is 28.5. The van der Waals surface area contributed by atoms with Crippen molar-refractivity contribution in [2.24, 2.45) is 11.7 Å². The Bertz CT molecular complexity index is 1290. The topological polar surface area (TPSA) is 105 Å². The third-order valence-electron chi connectivity index (χ3n) is 7.08. The van der Waals surface area contributed by atoms with Crippen LogP contribution in [0.4, 0.5) is 9.59 Å². The van der Waals surface area contributed by atoms with Crippen molar-refractivity contribution in [2.45, 2.75) is 71.6 Å². The van der Waals surface area contributed by atoms with Crippen molar-refractivity contribution in [2.75, 3.05) is 19.8 Å². The van der Waals surface area contributed by atoms with E-state index >= 15 is 0 Å². The zero-order valence-corrected chi connectivity index (χ0v) is 23.5. The molecule has 0 aliphatic carbocycles.